The summed E-state index contributed by atoms with van der Waals surface area (Å²) in [7, 11) is 0. The van der Waals surface area contributed by atoms with Crippen LogP contribution < -0.4 is 4.74 Å². The summed E-state index contributed by atoms with van der Waals surface area (Å²) >= 11 is 5.91. The molecular weight excluding hydrogens is 360 g/mol. The fraction of sp³-hybridized carbons (Fsp3) is 0.130. The van der Waals surface area contributed by atoms with Crippen LogP contribution in [0.4, 0.5) is 0 Å². The molecule has 1 aromatic heterocycles. The fourth-order valence-electron chi connectivity index (χ4n) is 2.98. The highest BCUT2D eigenvalue weighted by Gasteiger charge is 2.08. The van der Waals surface area contributed by atoms with Crippen LogP contribution in [0.15, 0.2) is 77.2 Å². The summed E-state index contributed by atoms with van der Waals surface area (Å²) in [6, 6.07) is 23.3. The van der Waals surface area contributed by atoms with Gasteiger partial charge in [-0.15, -0.1) is 0 Å². The van der Waals surface area contributed by atoms with Crippen LogP contribution in [0.2, 0.25) is 5.02 Å². The molecule has 4 aromatic rings. The number of halogens is 1. The molecule has 27 heavy (non-hydrogen) atoms. The maximum absolute atomic E-state index is 8.94. The summed E-state index contributed by atoms with van der Waals surface area (Å²) in [6.45, 7) is 0.214. The Morgan fingerprint density at radius 2 is 1.59 bits per heavy atom. The van der Waals surface area contributed by atoms with Gasteiger partial charge in [-0.25, -0.2) is 0 Å². The number of aliphatic hydroxyl groups excluding tert-OH is 1. The van der Waals surface area contributed by atoms with Crippen molar-refractivity contribution < 1.29 is 14.3 Å². The van der Waals surface area contributed by atoms with Gasteiger partial charge in [0.25, 0.3) is 0 Å². The predicted octanol–water partition coefficient (Wildman–Crippen LogP) is 6.47. The molecule has 4 rings (SSSR count). The Balaban J connectivity index is 1.56. The van der Waals surface area contributed by atoms with E-state index in [1.165, 1.54) is 5.56 Å². The topological polar surface area (TPSA) is 42.6 Å². The molecule has 3 nitrogen and oxygen atoms in total. The number of aliphatic hydroxyl groups is 1. The number of hydrogen-bond donors (Lipinski definition) is 1. The Bertz CT molecular complexity index is 1030. The molecule has 0 aliphatic rings. The van der Waals surface area contributed by atoms with Crippen molar-refractivity contribution in [1.29, 1.82) is 0 Å². The van der Waals surface area contributed by atoms with Crippen LogP contribution in [0.1, 0.15) is 12.0 Å². The molecule has 0 spiro atoms. The first-order valence-electron chi connectivity index (χ1n) is 8.88. The van der Waals surface area contributed by atoms with E-state index in [-0.39, 0.29) is 6.61 Å². The molecule has 1 heterocycles. The average Bonchev–Trinajstić information content (AvgIpc) is 3.12. The summed E-state index contributed by atoms with van der Waals surface area (Å²) < 4.78 is 11.9. The number of furan rings is 1. The van der Waals surface area contributed by atoms with E-state index in [0.717, 1.165) is 46.6 Å². The molecule has 0 amide bonds. The Kier molecular flexibility index (Phi) is 5.14. The van der Waals surface area contributed by atoms with Crippen molar-refractivity contribution in [3.63, 3.8) is 0 Å². The van der Waals surface area contributed by atoms with E-state index in [2.05, 4.69) is 24.3 Å². The lowest BCUT2D eigenvalue weighted by Crippen LogP contribution is -1.88. The van der Waals surface area contributed by atoms with Crippen molar-refractivity contribution in [3.05, 3.63) is 83.4 Å². The molecule has 0 radical (unpaired) electrons. The van der Waals surface area contributed by atoms with Crippen molar-refractivity contribution in [2.45, 2.75) is 12.8 Å². The second-order valence-electron chi connectivity index (χ2n) is 6.39. The molecule has 1 N–H and O–H groups in total. The van der Waals surface area contributed by atoms with Crippen LogP contribution in [0.5, 0.6) is 11.5 Å². The molecule has 0 bridgehead atoms. The number of benzene rings is 3. The molecule has 0 aliphatic carbocycles. The van der Waals surface area contributed by atoms with Gasteiger partial charge in [-0.3, -0.25) is 0 Å². The lowest BCUT2D eigenvalue weighted by atomic mass is 10.1. The number of ether oxygens (including phenoxy) is 1. The van der Waals surface area contributed by atoms with Gasteiger partial charge in [0, 0.05) is 22.6 Å². The van der Waals surface area contributed by atoms with E-state index in [9.17, 15) is 0 Å². The standard InChI is InChI=1S/C23H19ClO3/c24-19-7-9-20(10-8-19)26-21-11-12-22-18(14-21)15-23(27-22)17-5-3-16(4-6-17)2-1-13-25/h3-12,14-15,25H,1-2,13H2. The van der Waals surface area contributed by atoms with E-state index >= 15 is 0 Å². The second kappa shape index (κ2) is 7.87. The SMILES string of the molecule is OCCCc1ccc(-c2cc3cc(Oc4ccc(Cl)cc4)ccc3o2)cc1. The van der Waals surface area contributed by atoms with E-state index in [0.29, 0.717) is 5.02 Å². The molecule has 0 saturated heterocycles. The quantitative estimate of drug-likeness (QED) is 0.418. The van der Waals surface area contributed by atoms with Crippen molar-refractivity contribution >= 4 is 22.6 Å². The predicted molar refractivity (Wildman–Crippen MR) is 109 cm³/mol. The van der Waals surface area contributed by atoms with E-state index in [1.54, 1.807) is 12.1 Å². The highest BCUT2D eigenvalue weighted by Crippen LogP contribution is 2.32. The summed E-state index contributed by atoms with van der Waals surface area (Å²) in [5, 5.41) is 10.6. The molecule has 0 unspecified atom stereocenters. The number of rotatable bonds is 6. The second-order valence-corrected chi connectivity index (χ2v) is 6.83. The van der Waals surface area contributed by atoms with Gasteiger partial charge in [0.05, 0.1) is 0 Å². The Hall–Kier alpha value is -2.75. The third kappa shape index (κ3) is 4.16. The monoisotopic (exact) mass is 378 g/mol. The summed E-state index contributed by atoms with van der Waals surface area (Å²) in [4.78, 5) is 0. The minimum Gasteiger partial charge on any atom is -0.457 e. The van der Waals surface area contributed by atoms with Crippen LogP contribution in [0, 0.1) is 0 Å². The minimum atomic E-state index is 0.214. The van der Waals surface area contributed by atoms with Gasteiger partial charge in [-0.2, -0.15) is 0 Å². The lowest BCUT2D eigenvalue weighted by Gasteiger charge is -2.05. The number of fused-ring (bicyclic) bond motifs is 1. The highest BCUT2D eigenvalue weighted by molar-refractivity contribution is 6.30. The van der Waals surface area contributed by atoms with Crippen LogP contribution in [-0.4, -0.2) is 11.7 Å². The van der Waals surface area contributed by atoms with Gasteiger partial charge in [0.2, 0.25) is 0 Å². The van der Waals surface area contributed by atoms with Crippen molar-refractivity contribution in [3.8, 4) is 22.8 Å². The first kappa shape index (κ1) is 17.7. The van der Waals surface area contributed by atoms with Gasteiger partial charge in [-0.05, 0) is 66.9 Å². The van der Waals surface area contributed by atoms with Gasteiger partial charge >= 0.3 is 0 Å². The van der Waals surface area contributed by atoms with Crippen LogP contribution in [0.25, 0.3) is 22.3 Å². The van der Waals surface area contributed by atoms with Crippen molar-refractivity contribution in [1.82, 2.24) is 0 Å². The lowest BCUT2D eigenvalue weighted by molar-refractivity contribution is 0.288. The van der Waals surface area contributed by atoms with Crippen molar-refractivity contribution in [2.24, 2.45) is 0 Å². The van der Waals surface area contributed by atoms with Gasteiger partial charge < -0.3 is 14.3 Å². The minimum absolute atomic E-state index is 0.214. The molecule has 136 valence electrons. The Morgan fingerprint density at radius 1 is 0.852 bits per heavy atom. The van der Waals surface area contributed by atoms with Crippen LogP contribution >= 0.6 is 11.6 Å². The van der Waals surface area contributed by atoms with Gasteiger partial charge in [0.15, 0.2) is 0 Å². The highest BCUT2D eigenvalue weighted by atomic mass is 35.5. The molecule has 0 fully saturated rings. The number of hydrogen-bond acceptors (Lipinski definition) is 3. The average molecular weight is 379 g/mol. The zero-order valence-corrected chi connectivity index (χ0v) is 15.4. The molecule has 3 aromatic carbocycles. The smallest absolute Gasteiger partial charge is 0.135 e. The van der Waals surface area contributed by atoms with Crippen LogP contribution in [-0.2, 0) is 6.42 Å². The molecular formula is C23H19ClO3. The third-order valence-corrected chi connectivity index (χ3v) is 4.65. The van der Waals surface area contributed by atoms with E-state index in [4.69, 9.17) is 25.9 Å². The fourth-order valence-corrected chi connectivity index (χ4v) is 3.11. The number of aryl methyl sites for hydroxylation is 1. The zero-order valence-electron chi connectivity index (χ0n) is 14.7. The van der Waals surface area contributed by atoms with Crippen LogP contribution in [0.3, 0.4) is 0 Å². The molecule has 0 aliphatic heterocycles. The van der Waals surface area contributed by atoms with Crippen molar-refractivity contribution in [2.75, 3.05) is 6.61 Å². The molecule has 4 heteroatoms. The first-order valence-corrected chi connectivity index (χ1v) is 9.26. The third-order valence-electron chi connectivity index (χ3n) is 4.40. The largest absolute Gasteiger partial charge is 0.457 e. The maximum atomic E-state index is 8.94. The summed E-state index contributed by atoms with van der Waals surface area (Å²) in [6.07, 6.45) is 1.66. The molecule has 0 saturated carbocycles. The van der Waals surface area contributed by atoms with Gasteiger partial charge in [-0.1, -0.05) is 35.9 Å². The van der Waals surface area contributed by atoms with E-state index < -0.39 is 0 Å². The van der Waals surface area contributed by atoms with Gasteiger partial charge in [0.1, 0.15) is 22.8 Å². The molecule has 0 atom stereocenters. The maximum Gasteiger partial charge on any atom is 0.135 e. The summed E-state index contributed by atoms with van der Waals surface area (Å²) in [5.74, 6) is 2.31. The van der Waals surface area contributed by atoms with E-state index in [1.807, 2.05) is 36.4 Å². The Labute approximate surface area is 162 Å². The normalized spacial score (nSPS) is 11.0. The Morgan fingerprint density at radius 3 is 2.33 bits per heavy atom. The first-order chi connectivity index (χ1) is 13.2. The summed E-state index contributed by atoms with van der Waals surface area (Å²) in [5.41, 5.74) is 3.06. The zero-order chi connectivity index (χ0) is 18.6.